The predicted molar refractivity (Wildman–Crippen MR) is 76.2 cm³/mol. The minimum absolute atomic E-state index is 0.483. The van der Waals surface area contributed by atoms with Gasteiger partial charge in [0.1, 0.15) is 0 Å². The number of fused-ring (bicyclic) bond motifs is 2. The molecule has 4 atom stereocenters. The second-order valence-electron chi connectivity index (χ2n) is 8.23. The van der Waals surface area contributed by atoms with Crippen LogP contribution in [0.15, 0.2) is 0 Å². The van der Waals surface area contributed by atoms with Gasteiger partial charge in [0.2, 0.25) is 0 Å². The summed E-state index contributed by atoms with van der Waals surface area (Å²) >= 11 is 0. The highest BCUT2D eigenvalue weighted by molar-refractivity contribution is 5.13. The SMILES string of the molecule is CC1(C)C(CNCC2C3CCC(C3)C2N)C1(C)C. The number of hydrogen-bond donors (Lipinski definition) is 2. The van der Waals surface area contributed by atoms with Crippen LogP contribution in [0.3, 0.4) is 0 Å². The molecular weight excluding hydrogens is 220 g/mol. The monoisotopic (exact) mass is 250 g/mol. The zero-order valence-electron chi connectivity index (χ0n) is 12.5. The summed E-state index contributed by atoms with van der Waals surface area (Å²) in [7, 11) is 0. The largest absolute Gasteiger partial charge is 0.327 e. The van der Waals surface area contributed by atoms with Crippen molar-refractivity contribution in [2.45, 2.75) is 53.0 Å². The molecule has 0 aromatic carbocycles. The van der Waals surface area contributed by atoms with Crippen molar-refractivity contribution in [3.05, 3.63) is 0 Å². The Bertz CT molecular complexity index is 318. The molecule has 0 aliphatic heterocycles. The van der Waals surface area contributed by atoms with Crippen LogP contribution in [-0.2, 0) is 0 Å². The Hall–Kier alpha value is -0.0800. The average Bonchev–Trinajstić information content (AvgIpc) is 2.73. The summed E-state index contributed by atoms with van der Waals surface area (Å²) in [4.78, 5) is 0. The van der Waals surface area contributed by atoms with Crippen molar-refractivity contribution in [2.75, 3.05) is 13.1 Å². The molecule has 3 saturated carbocycles. The highest BCUT2D eigenvalue weighted by Gasteiger charge is 2.63. The van der Waals surface area contributed by atoms with E-state index in [2.05, 4.69) is 33.0 Å². The van der Waals surface area contributed by atoms with E-state index >= 15 is 0 Å². The van der Waals surface area contributed by atoms with E-state index in [-0.39, 0.29) is 0 Å². The Morgan fingerprint density at radius 2 is 1.61 bits per heavy atom. The molecule has 0 radical (unpaired) electrons. The van der Waals surface area contributed by atoms with Gasteiger partial charge < -0.3 is 11.1 Å². The number of hydrogen-bond acceptors (Lipinski definition) is 2. The van der Waals surface area contributed by atoms with Crippen molar-refractivity contribution in [3.8, 4) is 0 Å². The van der Waals surface area contributed by atoms with Gasteiger partial charge in [-0.15, -0.1) is 0 Å². The van der Waals surface area contributed by atoms with Gasteiger partial charge in [-0.25, -0.2) is 0 Å². The molecule has 3 N–H and O–H groups in total. The van der Waals surface area contributed by atoms with E-state index < -0.39 is 0 Å². The van der Waals surface area contributed by atoms with Crippen LogP contribution in [0, 0.1) is 34.5 Å². The lowest BCUT2D eigenvalue weighted by molar-refractivity contribution is 0.276. The first-order valence-corrected chi connectivity index (χ1v) is 7.82. The number of rotatable bonds is 4. The van der Waals surface area contributed by atoms with E-state index in [0.29, 0.717) is 16.9 Å². The normalized spacial score (nSPS) is 44.5. The number of nitrogens with two attached hydrogens (primary N) is 1. The Labute approximate surface area is 112 Å². The van der Waals surface area contributed by atoms with Gasteiger partial charge in [0.25, 0.3) is 0 Å². The van der Waals surface area contributed by atoms with Crippen LogP contribution in [0.1, 0.15) is 47.0 Å². The average molecular weight is 250 g/mol. The van der Waals surface area contributed by atoms with Crippen molar-refractivity contribution in [2.24, 2.45) is 40.2 Å². The maximum Gasteiger partial charge on any atom is 0.0110 e. The smallest absolute Gasteiger partial charge is 0.0110 e. The van der Waals surface area contributed by atoms with E-state index in [1.807, 2.05) is 0 Å². The molecule has 0 amide bonds. The minimum Gasteiger partial charge on any atom is -0.327 e. The lowest BCUT2D eigenvalue weighted by Gasteiger charge is -2.28. The van der Waals surface area contributed by atoms with Crippen LogP contribution in [0.4, 0.5) is 0 Å². The molecule has 2 nitrogen and oxygen atoms in total. The summed E-state index contributed by atoms with van der Waals surface area (Å²) < 4.78 is 0. The molecule has 3 rings (SSSR count). The molecule has 4 unspecified atom stereocenters. The molecule has 3 aliphatic rings. The van der Waals surface area contributed by atoms with Gasteiger partial charge in [0, 0.05) is 6.04 Å². The molecular formula is C16H30N2. The quantitative estimate of drug-likeness (QED) is 0.805. The molecule has 18 heavy (non-hydrogen) atoms. The molecule has 104 valence electrons. The van der Waals surface area contributed by atoms with Gasteiger partial charge in [-0.3, -0.25) is 0 Å². The van der Waals surface area contributed by atoms with Gasteiger partial charge in [0.15, 0.2) is 0 Å². The van der Waals surface area contributed by atoms with Gasteiger partial charge >= 0.3 is 0 Å². The maximum absolute atomic E-state index is 6.36. The molecule has 0 spiro atoms. The fourth-order valence-electron chi connectivity index (χ4n) is 5.00. The minimum atomic E-state index is 0.483. The fraction of sp³-hybridized carbons (Fsp3) is 1.00. The standard InChI is InChI=1S/C16H30N2/c1-15(2)13(16(15,3)4)9-18-8-12-10-5-6-11(7-10)14(12)17/h10-14,18H,5-9,17H2,1-4H3. The Balaban J connectivity index is 1.47. The molecule has 0 aromatic heterocycles. The third-order valence-corrected chi connectivity index (χ3v) is 7.21. The van der Waals surface area contributed by atoms with Gasteiger partial charge in [-0.1, -0.05) is 27.7 Å². The van der Waals surface area contributed by atoms with E-state index in [0.717, 1.165) is 30.2 Å². The second kappa shape index (κ2) is 3.96. The predicted octanol–water partition coefficient (Wildman–Crippen LogP) is 2.63. The topological polar surface area (TPSA) is 38.0 Å². The van der Waals surface area contributed by atoms with Crippen molar-refractivity contribution in [1.29, 1.82) is 0 Å². The Morgan fingerprint density at radius 1 is 1.00 bits per heavy atom. The van der Waals surface area contributed by atoms with E-state index in [9.17, 15) is 0 Å². The molecule has 3 aliphatic carbocycles. The van der Waals surface area contributed by atoms with Gasteiger partial charge in [-0.05, 0) is 66.9 Å². The summed E-state index contributed by atoms with van der Waals surface area (Å²) in [6, 6.07) is 0.483. The molecule has 2 bridgehead atoms. The number of nitrogens with one attached hydrogen (secondary N) is 1. The molecule has 0 saturated heterocycles. The third kappa shape index (κ3) is 1.68. The summed E-state index contributed by atoms with van der Waals surface area (Å²) in [5, 5.41) is 3.74. The van der Waals surface area contributed by atoms with Crippen LogP contribution < -0.4 is 11.1 Å². The Kier molecular flexibility index (Phi) is 2.84. The van der Waals surface area contributed by atoms with Crippen LogP contribution in [0.5, 0.6) is 0 Å². The van der Waals surface area contributed by atoms with Crippen molar-refractivity contribution in [3.63, 3.8) is 0 Å². The molecule has 0 heterocycles. The van der Waals surface area contributed by atoms with Crippen molar-refractivity contribution in [1.82, 2.24) is 5.32 Å². The lowest BCUT2D eigenvalue weighted by atomic mass is 9.85. The molecule has 0 aromatic rings. The van der Waals surface area contributed by atoms with E-state index in [1.54, 1.807) is 0 Å². The summed E-state index contributed by atoms with van der Waals surface area (Å²) in [5.41, 5.74) is 7.38. The van der Waals surface area contributed by atoms with Crippen molar-refractivity contribution < 1.29 is 0 Å². The first kappa shape index (κ1) is 12.9. The highest BCUT2D eigenvalue weighted by atomic mass is 14.9. The van der Waals surface area contributed by atoms with Crippen LogP contribution in [0.2, 0.25) is 0 Å². The van der Waals surface area contributed by atoms with Crippen LogP contribution in [0.25, 0.3) is 0 Å². The van der Waals surface area contributed by atoms with Crippen molar-refractivity contribution >= 4 is 0 Å². The molecule has 2 heteroatoms. The fourth-order valence-corrected chi connectivity index (χ4v) is 5.00. The van der Waals surface area contributed by atoms with Crippen LogP contribution in [-0.4, -0.2) is 19.1 Å². The van der Waals surface area contributed by atoms with Gasteiger partial charge in [0.05, 0.1) is 0 Å². The lowest BCUT2D eigenvalue weighted by Crippen LogP contribution is -2.41. The Morgan fingerprint density at radius 3 is 2.11 bits per heavy atom. The van der Waals surface area contributed by atoms with Crippen LogP contribution >= 0.6 is 0 Å². The molecule has 3 fully saturated rings. The first-order valence-electron chi connectivity index (χ1n) is 7.82. The zero-order chi connectivity index (χ0) is 13.1. The summed E-state index contributed by atoms with van der Waals surface area (Å²) in [6.07, 6.45) is 4.24. The second-order valence-corrected chi connectivity index (χ2v) is 8.23. The highest BCUT2D eigenvalue weighted by Crippen LogP contribution is 2.67. The summed E-state index contributed by atoms with van der Waals surface area (Å²) in [5.74, 6) is 3.36. The maximum atomic E-state index is 6.36. The summed E-state index contributed by atoms with van der Waals surface area (Å²) in [6.45, 7) is 12.0. The van der Waals surface area contributed by atoms with E-state index in [1.165, 1.54) is 25.8 Å². The van der Waals surface area contributed by atoms with E-state index in [4.69, 9.17) is 5.73 Å². The zero-order valence-corrected chi connectivity index (χ0v) is 12.5. The van der Waals surface area contributed by atoms with Gasteiger partial charge in [-0.2, -0.15) is 0 Å². The third-order valence-electron chi connectivity index (χ3n) is 7.21. The first-order chi connectivity index (χ1) is 8.35.